The van der Waals surface area contributed by atoms with Gasteiger partial charge >= 0.3 is 0 Å². The summed E-state index contributed by atoms with van der Waals surface area (Å²) in [6.45, 7) is 2.96. The molecule has 1 saturated heterocycles. The zero-order valence-electron chi connectivity index (χ0n) is 17.8. The molecule has 0 saturated carbocycles. The van der Waals surface area contributed by atoms with E-state index in [-0.39, 0.29) is 17.9 Å². The molecule has 0 bridgehead atoms. The molecule has 8 nitrogen and oxygen atoms in total. The zero-order chi connectivity index (χ0) is 21.9. The summed E-state index contributed by atoms with van der Waals surface area (Å²) < 4.78 is 21.7. The van der Waals surface area contributed by atoms with Gasteiger partial charge in [-0.25, -0.2) is 8.91 Å². The number of likely N-dealkylation sites (tertiary alicyclic amines) is 1. The van der Waals surface area contributed by atoms with E-state index in [0.29, 0.717) is 29.5 Å². The van der Waals surface area contributed by atoms with Gasteiger partial charge in [0.05, 0.1) is 18.8 Å². The van der Waals surface area contributed by atoms with E-state index in [1.807, 2.05) is 0 Å². The molecule has 4 heterocycles. The van der Waals surface area contributed by atoms with Gasteiger partial charge in [0.1, 0.15) is 11.3 Å². The van der Waals surface area contributed by atoms with E-state index in [9.17, 15) is 9.18 Å². The highest BCUT2D eigenvalue weighted by molar-refractivity contribution is 5.65. The second kappa shape index (κ2) is 9.04. The largest absolute Gasteiger partial charge is 0.338 e. The lowest BCUT2D eigenvalue weighted by Crippen LogP contribution is -2.27. The number of fused-ring (bicyclic) bond motifs is 1. The molecule has 32 heavy (non-hydrogen) atoms. The Morgan fingerprint density at radius 1 is 0.969 bits per heavy atom. The Kier molecular flexibility index (Phi) is 5.81. The summed E-state index contributed by atoms with van der Waals surface area (Å²) >= 11 is 0. The maximum absolute atomic E-state index is 13.2. The summed E-state index contributed by atoms with van der Waals surface area (Å²) in [4.78, 5) is 19.8. The first-order valence-corrected chi connectivity index (χ1v) is 11.0. The van der Waals surface area contributed by atoms with E-state index in [0.717, 1.165) is 18.7 Å². The Labute approximate surface area is 184 Å². The average Bonchev–Trinajstić information content (AvgIpc) is 3.40. The second-order valence-corrected chi connectivity index (χ2v) is 8.25. The molecule has 0 unspecified atom stereocenters. The highest BCUT2D eigenvalue weighted by atomic mass is 19.1. The van der Waals surface area contributed by atoms with Crippen LogP contribution in [-0.2, 0) is 13.1 Å². The van der Waals surface area contributed by atoms with Crippen molar-refractivity contribution in [1.29, 1.82) is 0 Å². The monoisotopic (exact) mass is 436 g/mol. The molecule has 4 aromatic rings. The van der Waals surface area contributed by atoms with E-state index in [1.54, 1.807) is 30.6 Å². The Hall–Kier alpha value is -3.33. The smallest absolute Gasteiger partial charge is 0.277 e. The van der Waals surface area contributed by atoms with Crippen LogP contribution >= 0.6 is 0 Å². The van der Waals surface area contributed by atoms with Crippen molar-refractivity contribution in [3.8, 4) is 11.3 Å². The van der Waals surface area contributed by atoms with Gasteiger partial charge in [-0.1, -0.05) is 24.4 Å². The van der Waals surface area contributed by atoms with Crippen molar-refractivity contribution < 1.29 is 8.91 Å². The quantitative estimate of drug-likeness (QED) is 0.476. The maximum Gasteiger partial charge on any atom is 0.277 e. The fraction of sp³-hybridized carbons (Fsp3) is 0.391. The molecule has 0 spiro atoms. The summed E-state index contributed by atoms with van der Waals surface area (Å²) in [6, 6.07) is 7.73. The molecule has 0 aliphatic carbocycles. The molecule has 166 valence electrons. The number of hydrogen-bond donors (Lipinski definition) is 0. The Bertz CT molecular complexity index is 1250. The third-order valence-corrected chi connectivity index (χ3v) is 5.87. The van der Waals surface area contributed by atoms with Crippen molar-refractivity contribution in [3.05, 3.63) is 70.6 Å². The van der Waals surface area contributed by atoms with Gasteiger partial charge in [0.2, 0.25) is 5.89 Å². The molecule has 3 aromatic heterocycles. The first-order valence-electron chi connectivity index (χ1n) is 11.0. The first kappa shape index (κ1) is 20.6. The van der Waals surface area contributed by atoms with Gasteiger partial charge in [0.15, 0.2) is 5.82 Å². The van der Waals surface area contributed by atoms with Crippen LogP contribution in [0.25, 0.3) is 16.8 Å². The molecular weight excluding hydrogens is 411 g/mol. The molecule has 0 radical (unpaired) electrons. The highest BCUT2D eigenvalue weighted by Crippen LogP contribution is 2.19. The molecule has 0 amide bonds. The molecule has 1 fully saturated rings. The van der Waals surface area contributed by atoms with Crippen molar-refractivity contribution in [3.63, 3.8) is 0 Å². The average molecular weight is 436 g/mol. The third kappa shape index (κ3) is 4.47. The summed E-state index contributed by atoms with van der Waals surface area (Å²) in [7, 11) is 0. The fourth-order valence-corrected chi connectivity index (χ4v) is 4.15. The Morgan fingerprint density at radius 2 is 1.72 bits per heavy atom. The Balaban J connectivity index is 1.32. The number of hydrogen-bond acceptors (Lipinski definition) is 6. The number of benzene rings is 1. The normalized spacial score (nSPS) is 15.7. The minimum absolute atomic E-state index is 0.205. The lowest BCUT2D eigenvalue weighted by Gasteiger charge is -2.22. The molecule has 0 N–H and O–H groups in total. The predicted octanol–water partition coefficient (Wildman–Crippen LogP) is 3.50. The van der Waals surface area contributed by atoms with Gasteiger partial charge in [0, 0.05) is 18.0 Å². The van der Waals surface area contributed by atoms with Crippen LogP contribution in [0.2, 0.25) is 0 Å². The van der Waals surface area contributed by atoms with Gasteiger partial charge in [0.25, 0.3) is 5.56 Å². The molecule has 0 atom stereocenters. The summed E-state index contributed by atoms with van der Waals surface area (Å²) in [5.74, 6) is 0.736. The molecule has 5 rings (SSSR count). The van der Waals surface area contributed by atoms with Crippen LogP contribution in [-0.4, -0.2) is 42.3 Å². The van der Waals surface area contributed by atoms with E-state index >= 15 is 0 Å². The van der Waals surface area contributed by atoms with Gasteiger partial charge in [-0.15, -0.1) is 0 Å². The van der Waals surface area contributed by atoms with Gasteiger partial charge in [-0.3, -0.25) is 9.69 Å². The van der Waals surface area contributed by atoms with Crippen LogP contribution in [0.3, 0.4) is 0 Å². The number of rotatable bonds is 5. The van der Waals surface area contributed by atoms with Crippen LogP contribution in [0.4, 0.5) is 4.39 Å². The van der Waals surface area contributed by atoms with Crippen molar-refractivity contribution in [2.45, 2.75) is 45.2 Å². The lowest BCUT2D eigenvalue weighted by atomic mass is 10.1. The van der Waals surface area contributed by atoms with Crippen LogP contribution in [0, 0.1) is 5.82 Å². The van der Waals surface area contributed by atoms with Crippen molar-refractivity contribution in [2.75, 3.05) is 13.1 Å². The summed E-state index contributed by atoms with van der Waals surface area (Å²) in [5.41, 5.74) is 1.57. The molecular formula is C23H25FN6O2. The van der Waals surface area contributed by atoms with Crippen molar-refractivity contribution in [2.24, 2.45) is 0 Å². The van der Waals surface area contributed by atoms with Crippen LogP contribution in [0.1, 0.15) is 43.8 Å². The van der Waals surface area contributed by atoms with Gasteiger partial charge < -0.3 is 9.09 Å². The minimum atomic E-state index is -0.314. The van der Waals surface area contributed by atoms with E-state index in [4.69, 9.17) is 4.52 Å². The van der Waals surface area contributed by atoms with Gasteiger partial charge in [-0.05, 0) is 56.3 Å². The fourth-order valence-electron chi connectivity index (χ4n) is 4.15. The maximum atomic E-state index is 13.2. The first-order chi connectivity index (χ1) is 15.7. The van der Waals surface area contributed by atoms with E-state index in [1.165, 1.54) is 53.3 Å². The van der Waals surface area contributed by atoms with Crippen molar-refractivity contribution in [1.82, 2.24) is 29.2 Å². The van der Waals surface area contributed by atoms with Crippen LogP contribution < -0.4 is 5.56 Å². The van der Waals surface area contributed by atoms with Crippen LogP contribution in [0.15, 0.2) is 52.0 Å². The van der Waals surface area contributed by atoms with E-state index < -0.39 is 0 Å². The standard InChI is InChI=1S/C23H25FN6O2/c24-18-8-6-17(7-9-18)19-14-20-23(31)29(12-13-30(20)26-19)15-21-25-22(32-27-21)16-28-10-4-2-1-3-5-11-28/h6-9,12-14H,1-5,10-11,15-16H2. The predicted molar refractivity (Wildman–Crippen MR) is 117 cm³/mol. The topological polar surface area (TPSA) is 81.5 Å². The number of halogens is 1. The van der Waals surface area contributed by atoms with Crippen LogP contribution in [0.5, 0.6) is 0 Å². The third-order valence-electron chi connectivity index (χ3n) is 5.87. The molecule has 9 heteroatoms. The zero-order valence-corrected chi connectivity index (χ0v) is 17.8. The SMILES string of the molecule is O=c1c2cc(-c3ccc(F)cc3)nn2ccn1Cc1noc(CN2CCCCCCC2)n1. The van der Waals surface area contributed by atoms with E-state index in [2.05, 4.69) is 20.1 Å². The second-order valence-electron chi connectivity index (χ2n) is 8.25. The lowest BCUT2D eigenvalue weighted by molar-refractivity contribution is 0.208. The number of nitrogens with zero attached hydrogens (tertiary/aromatic N) is 6. The Morgan fingerprint density at radius 3 is 2.50 bits per heavy atom. The van der Waals surface area contributed by atoms with Gasteiger partial charge in [-0.2, -0.15) is 10.1 Å². The number of aromatic nitrogens is 5. The minimum Gasteiger partial charge on any atom is -0.338 e. The van der Waals surface area contributed by atoms with Crippen molar-refractivity contribution >= 4 is 5.52 Å². The summed E-state index contributed by atoms with van der Waals surface area (Å²) in [6.07, 6.45) is 9.63. The molecule has 1 aliphatic rings. The molecule has 1 aromatic carbocycles. The molecule has 1 aliphatic heterocycles. The highest BCUT2D eigenvalue weighted by Gasteiger charge is 2.15. The summed E-state index contributed by atoms with van der Waals surface area (Å²) in [5, 5.41) is 8.50.